The van der Waals surface area contributed by atoms with Crippen molar-refractivity contribution in [3.63, 3.8) is 0 Å². The third kappa shape index (κ3) is 4.80. The number of rotatable bonds is 8. The Morgan fingerprint density at radius 2 is 1.92 bits per heavy atom. The zero-order chi connectivity index (χ0) is 28.0. The van der Waals surface area contributed by atoms with Crippen molar-refractivity contribution in [2.45, 2.75) is 47.2 Å². The van der Waals surface area contributed by atoms with Crippen LogP contribution < -0.4 is 11.1 Å². The minimum absolute atomic E-state index is 0.00463. The predicted octanol–water partition coefficient (Wildman–Crippen LogP) is 5.23. The van der Waals surface area contributed by atoms with Gasteiger partial charge in [0.25, 0.3) is 18.2 Å². The molecule has 39 heavy (non-hydrogen) atoms. The van der Waals surface area contributed by atoms with Crippen LogP contribution in [-0.4, -0.2) is 36.4 Å². The zero-order valence-electron chi connectivity index (χ0n) is 21.6. The Hall–Kier alpha value is -4.39. The van der Waals surface area contributed by atoms with Crippen molar-refractivity contribution in [2.75, 3.05) is 5.32 Å². The summed E-state index contributed by atoms with van der Waals surface area (Å²) in [6, 6.07) is 6.36. The number of carbonyl (C=O) groups excluding carboxylic acids is 2. The molecule has 0 aliphatic heterocycles. The van der Waals surface area contributed by atoms with Crippen LogP contribution in [0.2, 0.25) is 0 Å². The summed E-state index contributed by atoms with van der Waals surface area (Å²) in [5, 5.41) is 11.8. The van der Waals surface area contributed by atoms with E-state index in [1.54, 1.807) is 21.6 Å². The SMILES string of the molecule is CCn1ncc(-c2cc(C(F)F)nc3sc(C(N)=O)c(NC(=O)c4ccc(Cn5nc(C)cc5C)o4)c23)c1C. The highest BCUT2D eigenvalue weighted by molar-refractivity contribution is 7.21. The summed E-state index contributed by atoms with van der Waals surface area (Å²) < 4.78 is 36.8. The minimum Gasteiger partial charge on any atom is -0.454 e. The molecule has 0 spiro atoms. The second-order valence-electron chi connectivity index (χ2n) is 9.01. The summed E-state index contributed by atoms with van der Waals surface area (Å²) >= 11 is 0.836. The molecule has 0 saturated carbocycles. The number of halogens is 2. The fourth-order valence-electron chi connectivity index (χ4n) is 4.51. The number of amides is 2. The molecular weight excluding hydrogens is 528 g/mol. The van der Waals surface area contributed by atoms with Crippen LogP contribution in [0.1, 0.15) is 62.1 Å². The molecule has 0 aliphatic carbocycles. The first kappa shape index (κ1) is 26.2. The average molecular weight is 554 g/mol. The number of pyridine rings is 1. The Bertz CT molecular complexity index is 1730. The van der Waals surface area contributed by atoms with Gasteiger partial charge in [-0.2, -0.15) is 10.2 Å². The summed E-state index contributed by atoms with van der Waals surface area (Å²) in [5.41, 5.74) is 8.71. The summed E-state index contributed by atoms with van der Waals surface area (Å²) in [4.78, 5) is 29.9. The first-order chi connectivity index (χ1) is 18.6. The molecule has 0 aromatic carbocycles. The molecular formula is C26H25F2N7O3S. The summed E-state index contributed by atoms with van der Waals surface area (Å²) in [6.45, 7) is 8.41. The van der Waals surface area contributed by atoms with Crippen molar-refractivity contribution < 1.29 is 22.8 Å². The van der Waals surface area contributed by atoms with Crippen molar-refractivity contribution in [2.24, 2.45) is 5.73 Å². The highest BCUT2D eigenvalue weighted by atomic mass is 32.1. The number of thiophene rings is 1. The maximum Gasteiger partial charge on any atom is 0.291 e. The molecule has 0 unspecified atom stereocenters. The van der Waals surface area contributed by atoms with Crippen molar-refractivity contribution in [3.8, 4) is 11.1 Å². The van der Waals surface area contributed by atoms with E-state index in [9.17, 15) is 18.4 Å². The van der Waals surface area contributed by atoms with Crippen LogP contribution in [0, 0.1) is 20.8 Å². The van der Waals surface area contributed by atoms with Gasteiger partial charge in [0.15, 0.2) is 5.76 Å². The maximum absolute atomic E-state index is 13.8. The highest BCUT2D eigenvalue weighted by Gasteiger charge is 2.27. The minimum atomic E-state index is -2.85. The van der Waals surface area contributed by atoms with Crippen LogP contribution in [0.4, 0.5) is 14.5 Å². The molecule has 10 nitrogen and oxygen atoms in total. The molecule has 202 valence electrons. The van der Waals surface area contributed by atoms with Crippen LogP contribution in [0.25, 0.3) is 21.3 Å². The lowest BCUT2D eigenvalue weighted by atomic mass is 10.0. The Labute approximate surface area is 225 Å². The number of anilines is 1. The molecule has 5 heterocycles. The first-order valence-corrected chi connectivity index (χ1v) is 12.9. The molecule has 0 atom stereocenters. The molecule has 5 aromatic rings. The Morgan fingerprint density at radius 1 is 1.15 bits per heavy atom. The molecule has 3 N–H and O–H groups in total. The van der Waals surface area contributed by atoms with E-state index in [2.05, 4.69) is 20.5 Å². The lowest BCUT2D eigenvalue weighted by Gasteiger charge is -2.10. The van der Waals surface area contributed by atoms with E-state index >= 15 is 0 Å². The van der Waals surface area contributed by atoms with Gasteiger partial charge in [0.2, 0.25) is 0 Å². The van der Waals surface area contributed by atoms with Crippen LogP contribution >= 0.6 is 11.3 Å². The normalized spacial score (nSPS) is 11.6. The second-order valence-corrected chi connectivity index (χ2v) is 10.0. The topological polar surface area (TPSA) is 134 Å². The van der Waals surface area contributed by atoms with Gasteiger partial charge >= 0.3 is 0 Å². The molecule has 0 fully saturated rings. The van der Waals surface area contributed by atoms with Gasteiger partial charge in [0.05, 0.1) is 24.1 Å². The third-order valence-electron chi connectivity index (χ3n) is 6.36. The number of aromatic nitrogens is 5. The Kier molecular flexibility index (Phi) is 6.76. The van der Waals surface area contributed by atoms with E-state index < -0.39 is 23.9 Å². The summed E-state index contributed by atoms with van der Waals surface area (Å²) in [7, 11) is 0. The lowest BCUT2D eigenvalue weighted by molar-refractivity contribution is 0.0994. The number of furan rings is 1. The summed E-state index contributed by atoms with van der Waals surface area (Å²) in [6.07, 6.45) is -1.29. The Balaban J connectivity index is 1.58. The molecule has 0 radical (unpaired) electrons. The number of nitrogens with two attached hydrogens (primary N) is 1. The first-order valence-electron chi connectivity index (χ1n) is 12.1. The summed E-state index contributed by atoms with van der Waals surface area (Å²) in [5.74, 6) is -0.969. The van der Waals surface area contributed by atoms with E-state index in [1.807, 2.05) is 33.8 Å². The van der Waals surface area contributed by atoms with Gasteiger partial charge in [-0.3, -0.25) is 19.0 Å². The molecule has 2 amide bonds. The number of carbonyl (C=O) groups is 2. The van der Waals surface area contributed by atoms with E-state index in [0.29, 0.717) is 35.4 Å². The second kappa shape index (κ2) is 10.1. The van der Waals surface area contributed by atoms with Gasteiger partial charge in [-0.25, -0.2) is 13.8 Å². The number of hydrogen-bond donors (Lipinski definition) is 2. The fraction of sp³-hybridized carbons (Fsp3) is 0.269. The van der Waals surface area contributed by atoms with E-state index in [0.717, 1.165) is 28.4 Å². The highest BCUT2D eigenvalue weighted by Crippen LogP contribution is 2.43. The number of nitrogens with zero attached hydrogens (tertiary/aromatic N) is 5. The van der Waals surface area contributed by atoms with E-state index in [-0.39, 0.29) is 21.2 Å². The predicted molar refractivity (Wildman–Crippen MR) is 142 cm³/mol. The molecule has 0 saturated heterocycles. The van der Waals surface area contributed by atoms with Gasteiger partial charge in [0.1, 0.15) is 21.2 Å². The average Bonchev–Trinajstić information content (AvgIpc) is 3.65. The van der Waals surface area contributed by atoms with Gasteiger partial charge in [-0.1, -0.05) is 0 Å². The third-order valence-corrected chi connectivity index (χ3v) is 7.45. The van der Waals surface area contributed by atoms with Crippen LogP contribution in [0.3, 0.4) is 0 Å². The van der Waals surface area contributed by atoms with Crippen LogP contribution in [-0.2, 0) is 13.1 Å². The number of hydrogen-bond acceptors (Lipinski definition) is 7. The quantitative estimate of drug-likeness (QED) is 0.270. The number of alkyl halides is 2. The molecule has 5 rings (SSSR count). The van der Waals surface area contributed by atoms with E-state index in [4.69, 9.17) is 10.2 Å². The van der Waals surface area contributed by atoms with Gasteiger partial charge in [0, 0.05) is 28.9 Å². The fourth-order valence-corrected chi connectivity index (χ4v) is 5.52. The Morgan fingerprint density at radius 3 is 2.54 bits per heavy atom. The monoisotopic (exact) mass is 553 g/mol. The van der Waals surface area contributed by atoms with Gasteiger partial charge in [-0.05, 0) is 57.5 Å². The standard InChI is InChI=1S/C26H25F2N7O3S/c1-5-34-14(4)17(10-30-34)16-9-18(23(27)28)31-26-20(16)21(22(39-26)24(29)36)32-25(37)19-7-6-15(38-19)11-35-13(3)8-12(2)33-35/h6-10,23H,5,11H2,1-4H3,(H2,29,36)(H,32,37). The van der Waals surface area contributed by atoms with Crippen LogP contribution in [0.5, 0.6) is 0 Å². The van der Waals surface area contributed by atoms with Crippen molar-refractivity contribution in [1.82, 2.24) is 24.5 Å². The molecule has 0 aliphatic rings. The molecule has 13 heteroatoms. The van der Waals surface area contributed by atoms with E-state index in [1.165, 1.54) is 12.1 Å². The molecule has 0 bridgehead atoms. The van der Waals surface area contributed by atoms with Gasteiger partial charge < -0.3 is 15.5 Å². The number of nitrogens with one attached hydrogen (secondary N) is 1. The van der Waals surface area contributed by atoms with Crippen LogP contribution in [0.15, 0.2) is 34.9 Å². The zero-order valence-corrected chi connectivity index (χ0v) is 22.4. The smallest absolute Gasteiger partial charge is 0.291 e. The van der Waals surface area contributed by atoms with Gasteiger partial charge in [-0.15, -0.1) is 11.3 Å². The van der Waals surface area contributed by atoms with Crippen molar-refractivity contribution in [3.05, 3.63) is 69.6 Å². The number of aryl methyl sites for hydroxylation is 3. The lowest BCUT2D eigenvalue weighted by Crippen LogP contribution is -2.16. The number of fused-ring (bicyclic) bond motifs is 1. The number of primary amides is 1. The maximum atomic E-state index is 13.8. The molecule has 5 aromatic heterocycles. The largest absolute Gasteiger partial charge is 0.454 e. The van der Waals surface area contributed by atoms with Crippen molar-refractivity contribution in [1.29, 1.82) is 0 Å². The van der Waals surface area contributed by atoms with Crippen molar-refractivity contribution >= 4 is 39.1 Å².